The zero-order valence-electron chi connectivity index (χ0n) is 19.5. The number of carbonyl (C=O) groups is 3. The first kappa shape index (κ1) is 26.6. The minimum Gasteiger partial charge on any atom is -0.341 e. The van der Waals surface area contributed by atoms with Crippen LogP contribution in [0.4, 0.5) is 5.69 Å². The Morgan fingerprint density at radius 1 is 1.12 bits per heavy atom. The van der Waals surface area contributed by atoms with Gasteiger partial charge < -0.3 is 21.5 Å². The van der Waals surface area contributed by atoms with Crippen molar-refractivity contribution in [3.05, 3.63) is 69.6 Å². The molecule has 34 heavy (non-hydrogen) atoms. The summed E-state index contributed by atoms with van der Waals surface area (Å²) in [6.07, 6.45) is 2.42. The zero-order chi connectivity index (χ0) is 25.1. The second-order valence-electron chi connectivity index (χ2n) is 7.72. The summed E-state index contributed by atoms with van der Waals surface area (Å²) in [6.45, 7) is 4.33. The maximum Gasteiger partial charge on any atom is 0.260 e. The van der Waals surface area contributed by atoms with E-state index in [2.05, 4.69) is 15.8 Å². The van der Waals surface area contributed by atoms with E-state index >= 15 is 0 Å². The Morgan fingerprint density at radius 3 is 2.32 bits per heavy atom. The molecule has 0 aromatic heterocycles. The van der Waals surface area contributed by atoms with Crippen molar-refractivity contribution >= 4 is 46.8 Å². The molecular weight excluding hydrogens is 452 g/mol. The molecule has 0 saturated heterocycles. The quantitative estimate of drug-likeness (QED) is 0.102. The fraction of sp³-hybridized carbons (Fsp3) is 0.250. The Hall–Kier alpha value is -3.63. The van der Waals surface area contributed by atoms with Crippen molar-refractivity contribution in [2.24, 2.45) is 16.8 Å². The van der Waals surface area contributed by atoms with Gasteiger partial charge in [-0.25, -0.2) is 5.84 Å². The number of nitrogens with one attached hydrogen (secondary N) is 2. The number of benzene rings is 2. The number of nitrogens with zero attached hydrogens (tertiary/aromatic N) is 2. The van der Waals surface area contributed by atoms with Gasteiger partial charge in [0.15, 0.2) is 11.5 Å². The molecule has 2 rings (SSSR count). The molecular formula is C24H30N6O3S. The smallest absolute Gasteiger partial charge is 0.260 e. The van der Waals surface area contributed by atoms with Crippen LogP contribution < -0.4 is 22.4 Å². The van der Waals surface area contributed by atoms with Crippen molar-refractivity contribution in [1.82, 2.24) is 10.3 Å². The van der Waals surface area contributed by atoms with E-state index in [-0.39, 0.29) is 18.2 Å². The molecule has 0 atom stereocenters. The van der Waals surface area contributed by atoms with E-state index in [4.69, 9.17) is 11.7 Å². The highest BCUT2D eigenvalue weighted by Gasteiger charge is 2.16. The van der Waals surface area contributed by atoms with Gasteiger partial charge in [-0.1, -0.05) is 29.3 Å². The third kappa shape index (κ3) is 8.05. The molecule has 0 bridgehead atoms. The molecule has 0 aliphatic carbocycles. The Balaban J connectivity index is 1.91. The van der Waals surface area contributed by atoms with Gasteiger partial charge in [0.25, 0.3) is 5.91 Å². The lowest BCUT2D eigenvalue weighted by molar-refractivity contribution is -0.125. The van der Waals surface area contributed by atoms with Gasteiger partial charge in [0, 0.05) is 31.3 Å². The summed E-state index contributed by atoms with van der Waals surface area (Å²) in [4.78, 5) is 38.1. The SMILES string of the molecule is Cc1cc(C)cc(/C=C(\SC=O)C(=O)N(C)CCCC(=O)Nc2ccc(/C(=N/N)NN)cc2)c1. The number of anilines is 1. The van der Waals surface area contributed by atoms with Gasteiger partial charge in [-0.05, 0) is 67.9 Å². The summed E-state index contributed by atoms with van der Waals surface area (Å²) in [7, 11) is 1.65. The Labute approximate surface area is 203 Å². The Bertz CT molecular complexity index is 1060. The molecule has 2 aromatic carbocycles. The van der Waals surface area contributed by atoms with Crippen LogP contribution in [0.1, 0.15) is 35.1 Å². The van der Waals surface area contributed by atoms with Gasteiger partial charge in [-0.2, -0.15) is 5.10 Å². The first-order valence-corrected chi connectivity index (χ1v) is 11.5. The maximum absolute atomic E-state index is 12.9. The molecule has 0 heterocycles. The number of nitrogens with two attached hydrogens (primary N) is 2. The predicted molar refractivity (Wildman–Crippen MR) is 138 cm³/mol. The number of amidine groups is 1. The summed E-state index contributed by atoms with van der Waals surface area (Å²) in [6, 6.07) is 12.8. The molecule has 180 valence electrons. The first-order chi connectivity index (χ1) is 16.3. The number of hydrogen-bond acceptors (Lipinski definition) is 7. The normalized spacial score (nSPS) is 11.6. The number of carbonyl (C=O) groups excluding carboxylic acids is 3. The molecule has 9 nitrogen and oxygen atoms in total. The second kappa shape index (κ2) is 13.2. The molecule has 0 radical (unpaired) electrons. The van der Waals surface area contributed by atoms with E-state index in [0.717, 1.165) is 28.5 Å². The summed E-state index contributed by atoms with van der Waals surface area (Å²) >= 11 is 0.849. The Morgan fingerprint density at radius 2 is 1.76 bits per heavy atom. The molecule has 0 aliphatic heterocycles. The van der Waals surface area contributed by atoms with E-state index in [1.54, 1.807) is 37.4 Å². The topological polar surface area (TPSA) is 143 Å². The van der Waals surface area contributed by atoms with Gasteiger partial charge in [0.1, 0.15) is 0 Å². The second-order valence-corrected chi connectivity index (χ2v) is 8.59. The fourth-order valence-electron chi connectivity index (χ4n) is 3.34. The highest BCUT2D eigenvalue weighted by atomic mass is 32.2. The molecule has 10 heteroatoms. The van der Waals surface area contributed by atoms with Crippen LogP contribution in [-0.4, -0.2) is 41.8 Å². The lowest BCUT2D eigenvalue weighted by Gasteiger charge is -2.18. The van der Waals surface area contributed by atoms with Gasteiger partial charge >= 0.3 is 0 Å². The maximum atomic E-state index is 12.9. The van der Waals surface area contributed by atoms with Crippen LogP contribution in [0, 0.1) is 13.8 Å². The summed E-state index contributed by atoms with van der Waals surface area (Å²) in [5.74, 6) is 10.5. The Kier molecular flexibility index (Phi) is 10.3. The minimum atomic E-state index is -0.266. The van der Waals surface area contributed by atoms with Crippen LogP contribution in [-0.2, 0) is 14.4 Å². The van der Waals surface area contributed by atoms with Gasteiger partial charge in [-0.15, -0.1) is 0 Å². The highest BCUT2D eigenvalue weighted by molar-refractivity contribution is 8.16. The molecule has 0 aliphatic rings. The third-order valence-electron chi connectivity index (χ3n) is 4.88. The van der Waals surface area contributed by atoms with Crippen molar-refractivity contribution in [1.29, 1.82) is 0 Å². The van der Waals surface area contributed by atoms with E-state index < -0.39 is 0 Å². The first-order valence-electron chi connectivity index (χ1n) is 10.6. The van der Waals surface area contributed by atoms with Crippen molar-refractivity contribution < 1.29 is 14.4 Å². The number of likely N-dealkylation sites (N-methyl/N-ethyl adjacent to an activating group) is 1. The number of thioether (sulfide) groups is 1. The summed E-state index contributed by atoms with van der Waals surface area (Å²) in [5.41, 5.74) is 7.35. The third-order valence-corrected chi connectivity index (χ3v) is 5.52. The van der Waals surface area contributed by atoms with E-state index in [9.17, 15) is 14.4 Å². The number of aryl methyl sites for hydroxylation is 2. The van der Waals surface area contributed by atoms with Crippen LogP contribution >= 0.6 is 11.8 Å². The summed E-state index contributed by atoms with van der Waals surface area (Å²) in [5, 5.41) is 6.34. The monoisotopic (exact) mass is 482 g/mol. The lowest BCUT2D eigenvalue weighted by atomic mass is 10.1. The van der Waals surface area contributed by atoms with Crippen LogP contribution in [0.5, 0.6) is 0 Å². The predicted octanol–water partition coefficient (Wildman–Crippen LogP) is 2.53. The molecule has 0 unspecified atom stereocenters. The minimum absolute atomic E-state index is 0.175. The standard InChI is InChI=1S/C24H30N6O3S/c1-16-11-17(2)13-18(12-16)14-21(34-15-31)24(33)30(3)10-4-5-22(32)27-20-8-6-19(7-9-20)23(28-25)29-26/h6-9,11-15H,4-5,10,25-26H2,1-3H3,(H,27,32)(H,28,29)/b21-14-. The molecule has 0 saturated carbocycles. The molecule has 0 spiro atoms. The van der Waals surface area contributed by atoms with Crippen LogP contribution in [0.15, 0.2) is 52.5 Å². The molecule has 2 aromatic rings. The average Bonchev–Trinajstić information content (AvgIpc) is 2.79. The number of hydrogen-bond donors (Lipinski definition) is 4. The van der Waals surface area contributed by atoms with Gasteiger partial charge in [0.2, 0.25) is 5.91 Å². The van der Waals surface area contributed by atoms with Gasteiger partial charge in [-0.3, -0.25) is 14.4 Å². The van der Waals surface area contributed by atoms with Crippen molar-refractivity contribution in [2.75, 3.05) is 18.9 Å². The molecule has 0 fully saturated rings. The van der Waals surface area contributed by atoms with E-state index in [1.165, 1.54) is 4.90 Å². The zero-order valence-corrected chi connectivity index (χ0v) is 20.3. The number of rotatable bonds is 10. The van der Waals surface area contributed by atoms with Crippen LogP contribution in [0.3, 0.4) is 0 Å². The van der Waals surface area contributed by atoms with Crippen molar-refractivity contribution in [3.63, 3.8) is 0 Å². The van der Waals surface area contributed by atoms with Gasteiger partial charge in [0.05, 0.1) is 4.91 Å². The molecule has 6 N–H and O–H groups in total. The largest absolute Gasteiger partial charge is 0.341 e. The summed E-state index contributed by atoms with van der Waals surface area (Å²) < 4.78 is 0. The van der Waals surface area contributed by atoms with E-state index in [1.807, 2.05) is 32.0 Å². The highest BCUT2D eigenvalue weighted by Crippen LogP contribution is 2.21. The number of hydrazone groups is 1. The number of hydrazine groups is 1. The number of amides is 2. The van der Waals surface area contributed by atoms with E-state index in [0.29, 0.717) is 40.6 Å². The van der Waals surface area contributed by atoms with Crippen LogP contribution in [0.2, 0.25) is 0 Å². The average molecular weight is 483 g/mol. The lowest BCUT2D eigenvalue weighted by Crippen LogP contribution is -2.32. The van der Waals surface area contributed by atoms with Crippen molar-refractivity contribution in [3.8, 4) is 0 Å². The van der Waals surface area contributed by atoms with Crippen molar-refractivity contribution in [2.45, 2.75) is 26.7 Å². The molecule has 2 amide bonds. The van der Waals surface area contributed by atoms with Crippen LogP contribution in [0.25, 0.3) is 6.08 Å². The fourth-order valence-corrected chi connectivity index (χ4v) is 3.90.